The lowest BCUT2D eigenvalue weighted by molar-refractivity contribution is -0.159. The molecule has 0 unspecified atom stereocenters. The van der Waals surface area contributed by atoms with E-state index < -0.39 is 23.3 Å². The zero-order valence-electron chi connectivity index (χ0n) is 16.9. The number of nitrogens with zero attached hydrogens (tertiary/aromatic N) is 1. The van der Waals surface area contributed by atoms with Crippen LogP contribution in [0, 0.1) is 0 Å². The van der Waals surface area contributed by atoms with Crippen LogP contribution in [0.3, 0.4) is 0 Å². The Balaban J connectivity index is 1.35. The number of aromatic nitrogens is 1. The van der Waals surface area contributed by atoms with Crippen molar-refractivity contribution in [1.29, 1.82) is 0 Å². The molecule has 1 atom stereocenters. The number of hydrogen-bond acceptors (Lipinski definition) is 5. The van der Waals surface area contributed by atoms with Gasteiger partial charge in [0.05, 0.1) is 5.56 Å². The van der Waals surface area contributed by atoms with E-state index in [1.165, 1.54) is 12.1 Å². The Morgan fingerprint density at radius 1 is 1.12 bits per heavy atom. The van der Waals surface area contributed by atoms with Crippen LogP contribution in [0.15, 0.2) is 59.1 Å². The second-order valence-electron chi connectivity index (χ2n) is 7.61. The Morgan fingerprint density at radius 3 is 2.44 bits per heavy atom. The fraction of sp³-hybridized carbons (Fsp3) is 0.304. The fourth-order valence-corrected chi connectivity index (χ4v) is 3.62. The van der Waals surface area contributed by atoms with Crippen LogP contribution < -0.4 is 4.74 Å². The van der Waals surface area contributed by atoms with Crippen LogP contribution in [0.4, 0.5) is 13.2 Å². The van der Waals surface area contributed by atoms with Crippen LogP contribution in [0.5, 0.6) is 5.75 Å². The molecule has 0 saturated carbocycles. The van der Waals surface area contributed by atoms with Gasteiger partial charge in [-0.15, -0.1) is 0 Å². The Kier molecular flexibility index (Phi) is 5.92. The van der Waals surface area contributed by atoms with Gasteiger partial charge in [0.1, 0.15) is 18.1 Å². The van der Waals surface area contributed by atoms with E-state index in [0.29, 0.717) is 35.8 Å². The summed E-state index contributed by atoms with van der Waals surface area (Å²) in [4.78, 5) is 11.6. The minimum absolute atomic E-state index is 0.0785. The van der Waals surface area contributed by atoms with Crippen LogP contribution in [0.2, 0.25) is 0 Å². The smallest absolute Gasteiger partial charge is 0.416 e. The molecule has 2 heterocycles. The number of rotatable bonds is 7. The minimum Gasteiger partial charge on any atom is -0.486 e. The number of aliphatic carboxylic acids is 1. The maximum atomic E-state index is 12.7. The molecular formula is C23H20F3NO5. The van der Waals surface area contributed by atoms with Crippen molar-refractivity contribution < 1.29 is 37.1 Å². The van der Waals surface area contributed by atoms with Crippen molar-refractivity contribution in [3.05, 3.63) is 71.5 Å². The third kappa shape index (κ3) is 4.77. The SMILES string of the molecule is O=C(O)[C@]1(Cc2ccc(OCc3cc(-c4ccc(C(F)(F)F)cc4)no3)cc2)CCCO1. The predicted molar refractivity (Wildman–Crippen MR) is 107 cm³/mol. The second-order valence-corrected chi connectivity index (χ2v) is 7.61. The Bertz CT molecular complexity index is 1070. The summed E-state index contributed by atoms with van der Waals surface area (Å²) >= 11 is 0. The molecule has 2 aromatic carbocycles. The van der Waals surface area contributed by atoms with Crippen molar-refractivity contribution in [3.63, 3.8) is 0 Å². The van der Waals surface area contributed by atoms with Crippen molar-refractivity contribution in [2.75, 3.05) is 6.61 Å². The van der Waals surface area contributed by atoms with E-state index in [9.17, 15) is 23.1 Å². The molecule has 0 spiro atoms. The van der Waals surface area contributed by atoms with Gasteiger partial charge in [0, 0.05) is 24.7 Å². The molecule has 0 amide bonds. The standard InChI is InChI=1S/C23H20F3NO5/c24-23(25,26)17-6-4-16(5-7-17)20-12-19(32-27-20)14-30-18-8-2-15(3-9-18)13-22(21(28)29)10-1-11-31-22/h2-9,12H,1,10-11,13-14H2,(H,28,29)/t22-/m1/s1. The van der Waals surface area contributed by atoms with Crippen LogP contribution in [0.1, 0.15) is 29.7 Å². The van der Waals surface area contributed by atoms with Crippen molar-refractivity contribution in [2.24, 2.45) is 0 Å². The second kappa shape index (κ2) is 8.66. The molecule has 0 radical (unpaired) electrons. The number of benzene rings is 2. The van der Waals surface area contributed by atoms with E-state index in [2.05, 4.69) is 5.16 Å². The number of carboxylic acids is 1. The number of alkyl halides is 3. The van der Waals surface area contributed by atoms with Crippen LogP contribution in [0.25, 0.3) is 11.3 Å². The Morgan fingerprint density at radius 2 is 1.84 bits per heavy atom. The van der Waals surface area contributed by atoms with Gasteiger partial charge >= 0.3 is 12.1 Å². The maximum Gasteiger partial charge on any atom is 0.416 e. The lowest BCUT2D eigenvalue weighted by Crippen LogP contribution is -2.40. The molecule has 0 aliphatic carbocycles. The van der Waals surface area contributed by atoms with E-state index in [1.807, 2.05) is 0 Å². The Hall–Kier alpha value is -3.33. The number of carboxylic acid groups (broad SMARTS) is 1. The van der Waals surface area contributed by atoms with E-state index >= 15 is 0 Å². The monoisotopic (exact) mass is 447 g/mol. The molecule has 1 N–H and O–H groups in total. The molecule has 1 fully saturated rings. The molecule has 1 aliphatic heterocycles. The van der Waals surface area contributed by atoms with E-state index in [0.717, 1.165) is 24.1 Å². The zero-order valence-corrected chi connectivity index (χ0v) is 16.9. The lowest BCUT2D eigenvalue weighted by Gasteiger charge is -2.23. The first-order valence-corrected chi connectivity index (χ1v) is 9.97. The van der Waals surface area contributed by atoms with Gasteiger partial charge < -0.3 is 19.1 Å². The van der Waals surface area contributed by atoms with E-state index in [-0.39, 0.29) is 13.0 Å². The summed E-state index contributed by atoms with van der Waals surface area (Å²) in [5.74, 6) is 0.00982. The van der Waals surface area contributed by atoms with Crippen LogP contribution in [-0.2, 0) is 28.7 Å². The molecule has 6 nitrogen and oxygen atoms in total. The maximum absolute atomic E-state index is 12.7. The number of hydrogen-bond donors (Lipinski definition) is 1. The summed E-state index contributed by atoms with van der Waals surface area (Å²) in [6.07, 6.45) is -2.91. The summed E-state index contributed by atoms with van der Waals surface area (Å²) in [5, 5.41) is 13.4. The normalized spacial score (nSPS) is 18.6. The summed E-state index contributed by atoms with van der Waals surface area (Å²) in [6.45, 7) is 0.522. The van der Waals surface area contributed by atoms with Gasteiger partial charge in [0.15, 0.2) is 11.4 Å². The third-order valence-electron chi connectivity index (χ3n) is 5.35. The number of carbonyl (C=O) groups is 1. The average molecular weight is 447 g/mol. The molecule has 9 heteroatoms. The van der Waals surface area contributed by atoms with Crippen molar-refractivity contribution in [2.45, 2.75) is 37.6 Å². The summed E-state index contributed by atoms with van der Waals surface area (Å²) < 4.78 is 54.4. The molecule has 1 saturated heterocycles. The van der Waals surface area contributed by atoms with Gasteiger partial charge in [-0.25, -0.2) is 4.79 Å². The van der Waals surface area contributed by atoms with Gasteiger partial charge in [-0.2, -0.15) is 13.2 Å². The topological polar surface area (TPSA) is 81.8 Å². The first kappa shape index (κ1) is 21.9. The van der Waals surface area contributed by atoms with Crippen LogP contribution >= 0.6 is 0 Å². The lowest BCUT2D eigenvalue weighted by atomic mass is 9.92. The highest BCUT2D eigenvalue weighted by Crippen LogP contribution is 2.32. The van der Waals surface area contributed by atoms with Gasteiger partial charge in [-0.3, -0.25) is 0 Å². The third-order valence-corrected chi connectivity index (χ3v) is 5.35. The molecule has 4 rings (SSSR count). The molecule has 168 valence electrons. The molecule has 1 aliphatic rings. The summed E-state index contributed by atoms with van der Waals surface area (Å²) in [7, 11) is 0. The van der Waals surface area contributed by atoms with Crippen LogP contribution in [-0.4, -0.2) is 28.4 Å². The molecule has 32 heavy (non-hydrogen) atoms. The Labute approximate surface area is 181 Å². The molecule has 0 bridgehead atoms. The van der Waals surface area contributed by atoms with E-state index in [4.69, 9.17) is 14.0 Å². The van der Waals surface area contributed by atoms with Crippen molar-refractivity contribution >= 4 is 5.97 Å². The van der Waals surface area contributed by atoms with Crippen molar-refractivity contribution in [1.82, 2.24) is 5.16 Å². The zero-order chi connectivity index (χ0) is 22.8. The number of ether oxygens (including phenoxy) is 2. The van der Waals surface area contributed by atoms with E-state index in [1.54, 1.807) is 30.3 Å². The highest BCUT2D eigenvalue weighted by Gasteiger charge is 2.42. The first-order valence-electron chi connectivity index (χ1n) is 9.97. The van der Waals surface area contributed by atoms with Gasteiger partial charge in [-0.05, 0) is 42.7 Å². The molecule has 1 aromatic heterocycles. The average Bonchev–Trinajstić information content (AvgIpc) is 3.43. The summed E-state index contributed by atoms with van der Waals surface area (Å²) in [5.41, 5.74) is -0.171. The number of halogens is 3. The minimum atomic E-state index is -4.39. The van der Waals surface area contributed by atoms with Gasteiger partial charge in [0.2, 0.25) is 0 Å². The summed E-state index contributed by atoms with van der Waals surface area (Å²) in [6, 6.07) is 13.3. The highest BCUT2D eigenvalue weighted by atomic mass is 19.4. The first-order chi connectivity index (χ1) is 15.2. The molecule has 3 aromatic rings. The largest absolute Gasteiger partial charge is 0.486 e. The van der Waals surface area contributed by atoms with Crippen molar-refractivity contribution in [3.8, 4) is 17.0 Å². The quantitative estimate of drug-likeness (QED) is 0.542. The highest BCUT2D eigenvalue weighted by molar-refractivity contribution is 5.78. The molecular weight excluding hydrogens is 427 g/mol. The fourth-order valence-electron chi connectivity index (χ4n) is 3.62. The van der Waals surface area contributed by atoms with Gasteiger partial charge in [-0.1, -0.05) is 29.4 Å². The predicted octanol–water partition coefficient (Wildman–Crippen LogP) is 5.12. The van der Waals surface area contributed by atoms with Gasteiger partial charge in [0.25, 0.3) is 0 Å².